The molecule has 0 radical (unpaired) electrons. The molecule has 0 bridgehead atoms. The van der Waals surface area contributed by atoms with Crippen LogP contribution in [0, 0.1) is 11.3 Å². The Hall–Kier alpha value is -2.27. The van der Waals surface area contributed by atoms with Gasteiger partial charge in [0.15, 0.2) is 0 Å². The summed E-state index contributed by atoms with van der Waals surface area (Å²) >= 11 is 0. The van der Waals surface area contributed by atoms with Gasteiger partial charge in [0.05, 0.1) is 11.6 Å². The van der Waals surface area contributed by atoms with Gasteiger partial charge in [-0.25, -0.2) is 0 Å². The van der Waals surface area contributed by atoms with Crippen LogP contribution in [-0.4, -0.2) is 0 Å². The molecule has 0 fully saturated rings. The van der Waals surface area contributed by atoms with E-state index in [4.69, 9.17) is 10.00 Å². The van der Waals surface area contributed by atoms with Gasteiger partial charge in [-0.2, -0.15) is 5.26 Å². The van der Waals surface area contributed by atoms with E-state index >= 15 is 0 Å². The molecule has 0 saturated carbocycles. The maximum Gasteiger partial charge on any atom is 0.127 e. The Morgan fingerprint density at radius 1 is 1.19 bits per heavy atom. The minimum atomic E-state index is 0.435. The number of hydrogen-bond donors (Lipinski definition) is 0. The Labute approximate surface area is 95.8 Å². The molecule has 0 aliphatic heterocycles. The molecule has 0 saturated heterocycles. The van der Waals surface area contributed by atoms with Crippen molar-refractivity contribution in [3.05, 3.63) is 60.9 Å². The fourth-order valence-electron chi connectivity index (χ4n) is 1.02. The van der Waals surface area contributed by atoms with E-state index in [-0.39, 0.29) is 0 Å². The average Bonchev–Trinajstić information content (AvgIpc) is 2.28. The van der Waals surface area contributed by atoms with Gasteiger partial charge in [-0.3, -0.25) is 0 Å². The molecule has 0 spiro atoms. The third kappa shape index (κ3) is 2.86. The fourth-order valence-corrected chi connectivity index (χ4v) is 1.02. The Kier molecular flexibility index (Phi) is 3.68. The summed E-state index contributed by atoms with van der Waals surface area (Å²) in [6.07, 6.45) is 0. The molecule has 2 nitrogen and oxygen atoms in total. The second-order valence-corrected chi connectivity index (χ2v) is 3.42. The number of nitrogens with zero attached hydrogens (tertiary/aromatic N) is 1. The van der Waals surface area contributed by atoms with Crippen LogP contribution in [-0.2, 0) is 0 Å². The maximum atomic E-state index is 8.67. The van der Waals surface area contributed by atoms with Crippen LogP contribution >= 0.6 is 0 Å². The first-order chi connectivity index (χ1) is 7.54. The molecule has 0 N–H and O–H groups in total. The van der Waals surface area contributed by atoms with E-state index in [2.05, 4.69) is 19.7 Å². The van der Waals surface area contributed by atoms with Gasteiger partial charge in [0.25, 0.3) is 0 Å². The van der Waals surface area contributed by atoms with Gasteiger partial charge >= 0.3 is 0 Å². The zero-order valence-corrected chi connectivity index (χ0v) is 9.29. The number of rotatable bonds is 4. The van der Waals surface area contributed by atoms with Crippen molar-refractivity contribution >= 4 is 5.57 Å². The van der Waals surface area contributed by atoms with Crippen molar-refractivity contribution in [1.82, 2.24) is 0 Å². The molecule has 1 aromatic carbocycles. The minimum Gasteiger partial charge on any atom is -0.458 e. The zero-order chi connectivity index (χ0) is 12.1. The van der Waals surface area contributed by atoms with Gasteiger partial charge in [0, 0.05) is 0 Å². The molecule has 80 valence electrons. The summed E-state index contributed by atoms with van der Waals surface area (Å²) in [7, 11) is 0. The van der Waals surface area contributed by atoms with Crippen LogP contribution in [0.5, 0.6) is 5.75 Å². The molecular weight excluding hydrogens is 198 g/mol. The van der Waals surface area contributed by atoms with Crippen LogP contribution in [0.2, 0.25) is 0 Å². The van der Waals surface area contributed by atoms with E-state index in [9.17, 15) is 0 Å². The molecule has 2 heteroatoms. The molecule has 0 aliphatic carbocycles. The Morgan fingerprint density at radius 2 is 1.75 bits per heavy atom. The van der Waals surface area contributed by atoms with Gasteiger partial charge in [0.1, 0.15) is 11.5 Å². The second kappa shape index (κ2) is 4.99. The highest BCUT2D eigenvalue weighted by atomic mass is 16.5. The predicted octanol–water partition coefficient (Wildman–Crippen LogP) is 3.69. The van der Waals surface area contributed by atoms with Gasteiger partial charge in [-0.1, -0.05) is 19.7 Å². The van der Waals surface area contributed by atoms with Crippen molar-refractivity contribution in [2.24, 2.45) is 0 Å². The Balaban J connectivity index is 2.81. The summed E-state index contributed by atoms with van der Waals surface area (Å²) in [5.74, 6) is 1.20. The second-order valence-electron chi connectivity index (χ2n) is 3.42. The van der Waals surface area contributed by atoms with E-state index in [1.54, 1.807) is 24.3 Å². The summed E-state index contributed by atoms with van der Waals surface area (Å²) in [6, 6.07) is 9.10. The molecular formula is C14H13NO. The van der Waals surface area contributed by atoms with Crippen molar-refractivity contribution in [3.63, 3.8) is 0 Å². The van der Waals surface area contributed by atoms with Crippen molar-refractivity contribution in [2.45, 2.75) is 6.92 Å². The zero-order valence-electron chi connectivity index (χ0n) is 9.29. The van der Waals surface area contributed by atoms with Crippen LogP contribution in [0.1, 0.15) is 12.5 Å². The predicted molar refractivity (Wildman–Crippen MR) is 65.7 cm³/mol. The van der Waals surface area contributed by atoms with Crippen LogP contribution in [0.25, 0.3) is 5.57 Å². The maximum absolute atomic E-state index is 8.67. The molecule has 0 unspecified atom stereocenters. The Morgan fingerprint density at radius 3 is 2.19 bits per heavy atom. The number of ether oxygens (including phenoxy) is 1. The van der Waals surface area contributed by atoms with Gasteiger partial charge in [0.2, 0.25) is 0 Å². The summed E-state index contributed by atoms with van der Waals surface area (Å²) in [4.78, 5) is 0. The van der Waals surface area contributed by atoms with E-state index in [0.717, 1.165) is 11.1 Å². The molecule has 16 heavy (non-hydrogen) atoms. The largest absolute Gasteiger partial charge is 0.458 e. The van der Waals surface area contributed by atoms with Crippen molar-refractivity contribution in [2.75, 3.05) is 0 Å². The molecule has 1 aromatic rings. The number of nitriles is 1. The van der Waals surface area contributed by atoms with Gasteiger partial charge in [-0.15, -0.1) is 0 Å². The molecule has 0 atom stereocenters. The van der Waals surface area contributed by atoms with Crippen molar-refractivity contribution < 1.29 is 4.74 Å². The minimum absolute atomic E-state index is 0.435. The normalized spacial score (nSPS) is 9.00. The first kappa shape index (κ1) is 11.8. The van der Waals surface area contributed by atoms with Crippen LogP contribution in [0.4, 0.5) is 0 Å². The summed E-state index contributed by atoms with van der Waals surface area (Å²) in [5.41, 5.74) is 2.01. The monoisotopic (exact) mass is 211 g/mol. The number of allylic oxidation sites excluding steroid dienone is 2. The van der Waals surface area contributed by atoms with Crippen molar-refractivity contribution in [1.29, 1.82) is 5.26 Å². The lowest BCUT2D eigenvalue weighted by molar-refractivity contribution is 0.439. The molecule has 1 rings (SSSR count). The van der Waals surface area contributed by atoms with E-state index in [1.165, 1.54) is 0 Å². The first-order valence-electron chi connectivity index (χ1n) is 4.76. The fraction of sp³-hybridized carbons (Fsp3) is 0.0714. The summed E-state index contributed by atoms with van der Waals surface area (Å²) < 4.78 is 5.44. The lowest BCUT2D eigenvalue weighted by atomic mass is 10.1. The summed E-state index contributed by atoms with van der Waals surface area (Å²) in [5, 5.41) is 8.67. The highest BCUT2D eigenvalue weighted by molar-refractivity contribution is 5.74. The van der Waals surface area contributed by atoms with Gasteiger partial charge < -0.3 is 4.74 Å². The SMILES string of the molecule is C=C(C)C(=C)Oc1ccc(C(=C)C#N)cc1. The summed E-state index contributed by atoms with van der Waals surface area (Å²) in [6.45, 7) is 12.9. The van der Waals surface area contributed by atoms with Crippen molar-refractivity contribution in [3.8, 4) is 11.8 Å². The highest BCUT2D eigenvalue weighted by Crippen LogP contribution is 2.20. The lowest BCUT2D eigenvalue weighted by Gasteiger charge is -2.08. The standard InChI is InChI=1S/C14H13NO/c1-10(2)12(4)16-14-7-5-13(6-8-14)11(3)9-15/h5-8H,1,3-4H2,2H3. The number of benzene rings is 1. The Bertz CT molecular complexity index is 474. The smallest absolute Gasteiger partial charge is 0.127 e. The molecule has 0 aromatic heterocycles. The molecule has 0 amide bonds. The highest BCUT2D eigenvalue weighted by Gasteiger charge is 2.01. The third-order valence-corrected chi connectivity index (χ3v) is 2.05. The lowest BCUT2D eigenvalue weighted by Crippen LogP contribution is -1.94. The third-order valence-electron chi connectivity index (χ3n) is 2.05. The van der Waals surface area contributed by atoms with Crippen LogP contribution in [0.15, 0.2) is 55.3 Å². The van der Waals surface area contributed by atoms with Gasteiger partial charge in [-0.05, 0) is 42.3 Å². The molecule has 0 heterocycles. The number of hydrogen-bond acceptors (Lipinski definition) is 2. The van der Waals surface area contributed by atoms with E-state index < -0.39 is 0 Å². The first-order valence-corrected chi connectivity index (χ1v) is 4.76. The van der Waals surface area contributed by atoms with Crippen LogP contribution < -0.4 is 4.74 Å². The topological polar surface area (TPSA) is 33.0 Å². The quantitative estimate of drug-likeness (QED) is 0.432. The van der Waals surface area contributed by atoms with E-state index in [0.29, 0.717) is 17.1 Å². The van der Waals surface area contributed by atoms with Crippen LogP contribution in [0.3, 0.4) is 0 Å². The average molecular weight is 211 g/mol. The molecule has 0 aliphatic rings. The van der Waals surface area contributed by atoms with E-state index in [1.807, 2.05) is 13.0 Å².